The molecule has 1 N–H and O–H groups in total. The highest BCUT2D eigenvalue weighted by molar-refractivity contribution is 8.01. The summed E-state index contributed by atoms with van der Waals surface area (Å²) >= 11 is 2.87. The van der Waals surface area contributed by atoms with Gasteiger partial charge < -0.3 is 15.1 Å². The number of hydrogen-bond donors (Lipinski definition) is 1. The van der Waals surface area contributed by atoms with Gasteiger partial charge in [-0.05, 0) is 24.1 Å². The first-order valence-electron chi connectivity index (χ1n) is 10.6. The highest BCUT2D eigenvalue weighted by Crippen LogP contribution is 2.28. The topological polar surface area (TPSA) is 78.4 Å². The molecule has 0 aliphatic carbocycles. The summed E-state index contributed by atoms with van der Waals surface area (Å²) in [5.41, 5.74) is 1.98. The Labute approximate surface area is 195 Å². The Hall–Kier alpha value is -2.91. The van der Waals surface area contributed by atoms with E-state index in [2.05, 4.69) is 32.5 Å². The van der Waals surface area contributed by atoms with Gasteiger partial charge in [0.25, 0.3) is 0 Å². The van der Waals surface area contributed by atoms with Gasteiger partial charge >= 0.3 is 0 Å². The molecule has 1 aliphatic heterocycles. The Balaban J connectivity index is 1.20. The average molecular weight is 468 g/mol. The summed E-state index contributed by atoms with van der Waals surface area (Å²) in [6.07, 6.45) is 1.31. The van der Waals surface area contributed by atoms with Crippen LogP contribution in [-0.4, -0.2) is 58.8 Å². The molecule has 0 bridgehead atoms. The molecule has 9 heteroatoms. The molecule has 7 nitrogen and oxygen atoms in total. The Kier molecular flexibility index (Phi) is 7.73. The first kappa shape index (κ1) is 22.3. The van der Waals surface area contributed by atoms with Crippen LogP contribution in [0.15, 0.2) is 65.0 Å². The minimum Gasteiger partial charge on any atom is -0.343 e. The maximum absolute atomic E-state index is 12.5. The molecule has 2 amide bonds. The highest BCUT2D eigenvalue weighted by atomic mass is 32.2. The number of thioether (sulfide) groups is 1. The molecule has 4 rings (SSSR count). The average Bonchev–Trinajstić information content (AvgIpc) is 3.32. The Morgan fingerprint density at radius 3 is 2.34 bits per heavy atom. The molecule has 0 atom stereocenters. The third-order valence-electron chi connectivity index (χ3n) is 5.15. The van der Waals surface area contributed by atoms with Gasteiger partial charge in [-0.3, -0.25) is 9.59 Å². The standard InChI is InChI=1S/C23H25N5O2S2/c29-20(24-19-9-5-2-6-10-19)17-31-23-26-25-22(32-23)28-15-13-27(14-16-28)21(30)12-11-18-7-3-1-4-8-18/h1-10H,11-17H2,(H,24,29). The first-order valence-corrected chi connectivity index (χ1v) is 12.4. The van der Waals surface area contributed by atoms with Crippen molar-refractivity contribution in [1.29, 1.82) is 0 Å². The summed E-state index contributed by atoms with van der Waals surface area (Å²) in [5, 5.41) is 12.2. The molecular formula is C23H25N5O2S2. The van der Waals surface area contributed by atoms with E-state index >= 15 is 0 Å². The first-order chi connectivity index (χ1) is 15.7. The zero-order valence-electron chi connectivity index (χ0n) is 17.6. The van der Waals surface area contributed by atoms with Crippen LogP contribution in [0.4, 0.5) is 10.8 Å². The van der Waals surface area contributed by atoms with E-state index in [-0.39, 0.29) is 17.6 Å². The fraction of sp³-hybridized carbons (Fsp3) is 0.304. The summed E-state index contributed by atoms with van der Waals surface area (Å²) in [4.78, 5) is 28.7. The molecule has 1 aliphatic rings. The molecule has 32 heavy (non-hydrogen) atoms. The van der Waals surface area contributed by atoms with E-state index in [1.807, 2.05) is 53.4 Å². The molecule has 1 fully saturated rings. The molecule has 0 saturated carbocycles. The maximum Gasteiger partial charge on any atom is 0.234 e. The number of para-hydroxylation sites is 1. The van der Waals surface area contributed by atoms with Crippen molar-refractivity contribution in [2.75, 3.05) is 42.1 Å². The minimum atomic E-state index is -0.0689. The number of hydrogen-bond acceptors (Lipinski definition) is 7. The van der Waals surface area contributed by atoms with Crippen LogP contribution in [-0.2, 0) is 16.0 Å². The summed E-state index contributed by atoms with van der Waals surface area (Å²) in [7, 11) is 0. The molecule has 2 aromatic carbocycles. The zero-order chi connectivity index (χ0) is 22.2. The second kappa shape index (κ2) is 11.1. The third kappa shape index (κ3) is 6.30. The van der Waals surface area contributed by atoms with Crippen molar-refractivity contribution < 1.29 is 9.59 Å². The van der Waals surface area contributed by atoms with Gasteiger partial charge in [0.2, 0.25) is 16.9 Å². The van der Waals surface area contributed by atoms with Crippen LogP contribution in [0.25, 0.3) is 0 Å². The van der Waals surface area contributed by atoms with Gasteiger partial charge in [0.1, 0.15) is 0 Å². The van der Waals surface area contributed by atoms with Crippen LogP contribution in [0.2, 0.25) is 0 Å². The number of benzene rings is 2. The summed E-state index contributed by atoms with van der Waals surface area (Å²) in [5.74, 6) is 0.416. The molecule has 2 heterocycles. The lowest BCUT2D eigenvalue weighted by Gasteiger charge is -2.34. The Morgan fingerprint density at radius 2 is 1.62 bits per heavy atom. The molecule has 1 aromatic heterocycles. The number of anilines is 2. The molecule has 1 saturated heterocycles. The second-order valence-electron chi connectivity index (χ2n) is 7.41. The third-order valence-corrected chi connectivity index (χ3v) is 7.27. The predicted molar refractivity (Wildman–Crippen MR) is 129 cm³/mol. The fourth-order valence-corrected chi connectivity index (χ4v) is 5.13. The number of amides is 2. The lowest BCUT2D eigenvalue weighted by molar-refractivity contribution is -0.131. The van der Waals surface area contributed by atoms with E-state index in [0.29, 0.717) is 19.5 Å². The number of carbonyl (C=O) groups is 2. The fourth-order valence-electron chi connectivity index (χ4n) is 3.44. The quantitative estimate of drug-likeness (QED) is 0.511. The molecule has 3 aromatic rings. The van der Waals surface area contributed by atoms with Gasteiger partial charge in [0.05, 0.1) is 5.75 Å². The molecule has 166 valence electrons. The monoisotopic (exact) mass is 467 g/mol. The van der Waals surface area contributed by atoms with Crippen molar-refractivity contribution in [3.05, 3.63) is 66.2 Å². The minimum absolute atomic E-state index is 0.0689. The highest BCUT2D eigenvalue weighted by Gasteiger charge is 2.23. The second-order valence-corrected chi connectivity index (χ2v) is 9.59. The van der Waals surface area contributed by atoms with Gasteiger partial charge in [-0.2, -0.15) is 0 Å². The van der Waals surface area contributed by atoms with Gasteiger partial charge in [-0.1, -0.05) is 71.6 Å². The predicted octanol–water partition coefficient (Wildman–Crippen LogP) is 3.55. The van der Waals surface area contributed by atoms with Crippen LogP contribution in [0.1, 0.15) is 12.0 Å². The largest absolute Gasteiger partial charge is 0.343 e. The Morgan fingerprint density at radius 1 is 0.938 bits per heavy atom. The van der Waals surface area contributed by atoms with Crippen molar-refractivity contribution >= 4 is 45.7 Å². The van der Waals surface area contributed by atoms with Crippen LogP contribution in [0.3, 0.4) is 0 Å². The number of piperazine rings is 1. The lowest BCUT2D eigenvalue weighted by atomic mass is 10.1. The summed E-state index contributed by atoms with van der Waals surface area (Å²) < 4.78 is 0.768. The summed E-state index contributed by atoms with van der Waals surface area (Å²) in [6.45, 7) is 2.86. The van der Waals surface area contributed by atoms with E-state index in [4.69, 9.17) is 0 Å². The van der Waals surface area contributed by atoms with E-state index < -0.39 is 0 Å². The molecule has 0 spiro atoms. The lowest BCUT2D eigenvalue weighted by Crippen LogP contribution is -2.48. The maximum atomic E-state index is 12.5. The normalized spacial score (nSPS) is 13.8. The van der Waals surface area contributed by atoms with Crippen LogP contribution < -0.4 is 10.2 Å². The van der Waals surface area contributed by atoms with E-state index in [1.54, 1.807) is 0 Å². The van der Waals surface area contributed by atoms with E-state index in [9.17, 15) is 9.59 Å². The van der Waals surface area contributed by atoms with Crippen LogP contribution >= 0.6 is 23.1 Å². The van der Waals surface area contributed by atoms with E-state index in [0.717, 1.165) is 34.7 Å². The zero-order valence-corrected chi connectivity index (χ0v) is 19.3. The molecule has 0 radical (unpaired) electrons. The smallest absolute Gasteiger partial charge is 0.234 e. The van der Waals surface area contributed by atoms with Crippen molar-refractivity contribution in [3.63, 3.8) is 0 Å². The molecular weight excluding hydrogens is 442 g/mol. The van der Waals surface area contributed by atoms with Gasteiger partial charge in [-0.15, -0.1) is 10.2 Å². The SMILES string of the molecule is O=C(CSc1nnc(N2CCN(C(=O)CCc3ccccc3)CC2)s1)Nc1ccccc1. The van der Waals surface area contributed by atoms with Crippen molar-refractivity contribution in [2.45, 2.75) is 17.2 Å². The van der Waals surface area contributed by atoms with Crippen molar-refractivity contribution in [1.82, 2.24) is 15.1 Å². The number of carbonyl (C=O) groups excluding carboxylic acids is 2. The van der Waals surface area contributed by atoms with Crippen LogP contribution in [0.5, 0.6) is 0 Å². The van der Waals surface area contributed by atoms with Gasteiger partial charge in [0.15, 0.2) is 4.34 Å². The van der Waals surface area contributed by atoms with Crippen molar-refractivity contribution in [3.8, 4) is 0 Å². The van der Waals surface area contributed by atoms with Gasteiger partial charge in [0, 0.05) is 38.3 Å². The number of nitrogens with one attached hydrogen (secondary N) is 1. The van der Waals surface area contributed by atoms with Crippen LogP contribution in [0, 0.1) is 0 Å². The Bertz CT molecular complexity index is 1020. The number of rotatable bonds is 8. The number of aryl methyl sites for hydroxylation is 1. The number of nitrogens with zero attached hydrogens (tertiary/aromatic N) is 4. The molecule has 0 unspecified atom stereocenters. The van der Waals surface area contributed by atoms with Gasteiger partial charge in [-0.25, -0.2) is 0 Å². The summed E-state index contributed by atoms with van der Waals surface area (Å²) in [6, 6.07) is 19.5. The van der Waals surface area contributed by atoms with Crippen molar-refractivity contribution in [2.24, 2.45) is 0 Å². The van der Waals surface area contributed by atoms with E-state index in [1.165, 1.54) is 28.7 Å². The number of aromatic nitrogens is 2.